The molecule has 1 amide bonds. The molecule has 1 aromatic heterocycles. The Hall–Kier alpha value is -1.92. The van der Waals surface area contributed by atoms with Crippen LogP contribution in [0, 0.1) is 5.82 Å². The van der Waals surface area contributed by atoms with Gasteiger partial charge in [0.2, 0.25) is 5.91 Å². The Bertz CT molecular complexity index is 832. The summed E-state index contributed by atoms with van der Waals surface area (Å²) in [6, 6.07) is 14.3. The van der Waals surface area contributed by atoms with E-state index in [1.165, 1.54) is 23.9 Å². The number of para-hydroxylation sites is 1. The fourth-order valence-corrected chi connectivity index (χ4v) is 4.73. The average Bonchev–Trinajstić information content (AvgIpc) is 2.96. The number of carbonyl (C=O) groups is 1. The van der Waals surface area contributed by atoms with Crippen molar-refractivity contribution in [1.29, 1.82) is 0 Å². The van der Waals surface area contributed by atoms with E-state index in [2.05, 4.69) is 4.98 Å². The van der Waals surface area contributed by atoms with Crippen molar-refractivity contribution in [3.8, 4) is 0 Å². The zero-order valence-corrected chi connectivity index (χ0v) is 15.0. The lowest BCUT2D eigenvalue weighted by atomic mass is 10.2. The molecule has 6 heteroatoms. The molecule has 3 rings (SSSR count). The van der Waals surface area contributed by atoms with Gasteiger partial charge in [0.15, 0.2) is 4.34 Å². The van der Waals surface area contributed by atoms with Crippen molar-refractivity contribution < 1.29 is 9.18 Å². The van der Waals surface area contributed by atoms with Gasteiger partial charge in [-0.2, -0.15) is 0 Å². The first kappa shape index (κ1) is 16.9. The number of thiazole rings is 1. The number of hydrogen-bond donors (Lipinski definition) is 0. The fraction of sp³-hybridized carbons (Fsp3) is 0.222. The Kier molecular flexibility index (Phi) is 5.16. The molecule has 0 aliphatic carbocycles. The molecule has 3 aromatic rings. The summed E-state index contributed by atoms with van der Waals surface area (Å²) in [5.74, 6) is -0.284. The quantitative estimate of drug-likeness (QED) is 0.625. The van der Waals surface area contributed by atoms with E-state index in [9.17, 15) is 9.18 Å². The second kappa shape index (κ2) is 7.32. The van der Waals surface area contributed by atoms with E-state index in [1.54, 1.807) is 29.4 Å². The highest BCUT2D eigenvalue weighted by atomic mass is 32.2. The molecule has 3 nitrogen and oxygen atoms in total. The van der Waals surface area contributed by atoms with Gasteiger partial charge < -0.3 is 4.90 Å². The van der Waals surface area contributed by atoms with E-state index in [1.807, 2.05) is 37.3 Å². The summed E-state index contributed by atoms with van der Waals surface area (Å²) in [4.78, 5) is 18.7. The molecular weight excluding hydrogens is 343 g/mol. The van der Waals surface area contributed by atoms with Crippen molar-refractivity contribution in [2.75, 3.05) is 7.05 Å². The monoisotopic (exact) mass is 360 g/mol. The van der Waals surface area contributed by atoms with Gasteiger partial charge in [-0.05, 0) is 36.8 Å². The molecule has 124 valence electrons. The van der Waals surface area contributed by atoms with Gasteiger partial charge in [-0.1, -0.05) is 36.0 Å². The van der Waals surface area contributed by atoms with Crippen LogP contribution in [0.1, 0.15) is 12.5 Å². The molecular formula is C18H17FN2OS2. The van der Waals surface area contributed by atoms with E-state index in [4.69, 9.17) is 0 Å². The molecule has 1 unspecified atom stereocenters. The molecule has 0 fully saturated rings. The number of hydrogen-bond acceptors (Lipinski definition) is 4. The Morgan fingerprint density at radius 1 is 1.29 bits per heavy atom. The molecule has 0 saturated carbocycles. The summed E-state index contributed by atoms with van der Waals surface area (Å²) in [6.45, 7) is 2.27. The van der Waals surface area contributed by atoms with Crippen molar-refractivity contribution in [2.24, 2.45) is 0 Å². The summed E-state index contributed by atoms with van der Waals surface area (Å²) in [5.41, 5.74) is 1.74. The first-order valence-corrected chi connectivity index (χ1v) is 9.24. The molecule has 0 N–H and O–H groups in total. The minimum Gasteiger partial charge on any atom is -0.340 e. The van der Waals surface area contributed by atoms with Gasteiger partial charge in [0.1, 0.15) is 5.82 Å². The number of fused-ring (bicyclic) bond motifs is 1. The Labute approximate surface area is 148 Å². The van der Waals surface area contributed by atoms with Gasteiger partial charge in [-0.25, -0.2) is 9.37 Å². The molecule has 2 aromatic carbocycles. The van der Waals surface area contributed by atoms with Crippen LogP contribution in [0.5, 0.6) is 0 Å². The van der Waals surface area contributed by atoms with Crippen LogP contribution in [-0.2, 0) is 11.3 Å². The molecule has 0 spiro atoms. The molecule has 0 radical (unpaired) electrons. The first-order chi connectivity index (χ1) is 11.5. The van der Waals surface area contributed by atoms with Gasteiger partial charge in [-0.15, -0.1) is 11.3 Å². The number of rotatable bonds is 5. The topological polar surface area (TPSA) is 33.2 Å². The molecule has 0 bridgehead atoms. The number of thioether (sulfide) groups is 1. The number of aromatic nitrogens is 1. The predicted octanol–water partition coefficient (Wildman–Crippen LogP) is 4.57. The maximum Gasteiger partial charge on any atom is 0.235 e. The van der Waals surface area contributed by atoms with Crippen molar-refractivity contribution in [3.05, 3.63) is 59.9 Å². The standard InChI is InChI=1S/C18H17FN2OS2/c1-12(23-18-20-15-8-3-4-9-16(15)24-18)17(22)21(2)11-13-6-5-7-14(19)10-13/h3-10,12H,11H2,1-2H3. The van der Waals surface area contributed by atoms with Gasteiger partial charge in [-0.3, -0.25) is 4.79 Å². The highest BCUT2D eigenvalue weighted by Gasteiger charge is 2.20. The van der Waals surface area contributed by atoms with Crippen LogP contribution in [0.4, 0.5) is 4.39 Å². The van der Waals surface area contributed by atoms with Crippen LogP contribution in [0.2, 0.25) is 0 Å². The lowest BCUT2D eigenvalue weighted by Gasteiger charge is -2.20. The van der Waals surface area contributed by atoms with Crippen LogP contribution >= 0.6 is 23.1 Å². The van der Waals surface area contributed by atoms with E-state index in [0.717, 1.165) is 20.1 Å². The van der Waals surface area contributed by atoms with Gasteiger partial charge in [0.05, 0.1) is 15.5 Å². The van der Waals surface area contributed by atoms with Crippen LogP contribution in [-0.4, -0.2) is 28.1 Å². The van der Waals surface area contributed by atoms with Gasteiger partial charge in [0.25, 0.3) is 0 Å². The minimum absolute atomic E-state index is 0.00326. The smallest absolute Gasteiger partial charge is 0.235 e. The third kappa shape index (κ3) is 3.94. The van der Waals surface area contributed by atoms with Crippen LogP contribution in [0.15, 0.2) is 52.9 Å². The minimum atomic E-state index is -0.287. The maximum atomic E-state index is 13.3. The average molecular weight is 360 g/mol. The summed E-state index contributed by atoms with van der Waals surface area (Å²) in [6.07, 6.45) is 0. The van der Waals surface area contributed by atoms with Crippen molar-refractivity contribution in [2.45, 2.75) is 23.1 Å². The Morgan fingerprint density at radius 2 is 2.08 bits per heavy atom. The van der Waals surface area contributed by atoms with E-state index < -0.39 is 0 Å². The maximum absolute atomic E-state index is 13.3. The summed E-state index contributed by atoms with van der Waals surface area (Å²) in [5, 5.41) is -0.246. The van der Waals surface area contributed by atoms with Crippen molar-refractivity contribution in [1.82, 2.24) is 9.88 Å². The summed E-state index contributed by atoms with van der Waals surface area (Å²) in [7, 11) is 1.74. The van der Waals surface area contributed by atoms with Gasteiger partial charge >= 0.3 is 0 Å². The predicted molar refractivity (Wildman–Crippen MR) is 97.8 cm³/mol. The highest BCUT2D eigenvalue weighted by molar-refractivity contribution is 8.02. The Balaban J connectivity index is 1.65. The first-order valence-electron chi connectivity index (χ1n) is 7.54. The molecule has 24 heavy (non-hydrogen) atoms. The van der Waals surface area contributed by atoms with Crippen molar-refractivity contribution >= 4 is 39.2 Å². The third-order valence-electron chi connectivity index (χ3n) is 3.58. The third-order valence-corrected chi connectivity index (χ3v) is 5.80. The molecule has 0 saturated heterocycles. The second-order valence-corrected chi connectivity index (χ2v) is 8.15. The lowest BCUT2D eigenvalue weighted by molar-refractivity contribution is -0.129. The van der Waals surface area contributed by atoms with Gasteiger partial charge in [0, 0.05) is 13.6 Å². The van der Waals surface area contributed by atoms with E-state index in [-0.39, 0.29) is 17.0 Å². The number of amides is 1. The molecule has 0 aliphatic rings. The summed E-state index contributed by atoms with van der Waals surface area (Å²) >= 11 is 3.05. The molecule has 1 atom stereocenters. The van der Waals surface area contributed by atoms with Crippen LogP contribution < -0.4 is 0 Å². The fourth-order valence-electron chi connectivity index (χ4n) is 2.40. The Morgan fingerprint density at radius 3 is 2.83 bits per heavy atom. The lowest BCUT2D eigenvalue weighted by Crippen LogP contribution is -2.32. The normalized spacial score (nSPS) is 12.3. The molecule has 1 heterocycles. The van der Waals surface area contributed by atoms with Crippen LogP contribution in [0.3, 0.4) is 0 Å². The largest absolute Gasteiger partial charge is 0.340 e. The van der Waals surface area contributed by atoms with E-state index >= 15 is 0 Å². The number of benzene rings is 2. The molecule has 0 aliphatic heterocycles. The SMILES string of the molecule is CC(Sc1nc2ccccc2s1)C(=O)N(C)Cc1cccc(F)c1. The summed E-state index contributed by atoms with van der Waals surface area (Å²) < 4.78 is 15.3. The number of halogens is 1. The number of carbonyl (C=O) groups excluding carboxylic acids is 1. The van der Waals surface area contributed by atoms with E-state index in [0.29, 0.717) is 6.54 Å². The zero-order valence-electron chi connectivity index (χ0n) is 13.4. The number of nitrogens with zero attached hydrogens (tertiary/aromatic N) is 2. The highest BCUT2D eigenvalue weighted by Crippen LogP contribution is 2.32. The van der Waals surface area contributed by atoms with Crippen LogP contribution in [0.25, 0.3) is 10.2 Å². The second-order valence-electron chi connectivity index (χ2n) is 5.53. The van der Waals surface area contributed by atoms with Crippen molar-refractivity contribution in [3.63, 3.8) is 0 Å². The zero-order chi connectivity index (χ0) is 17.1.